The van der Waals surface area contributed by atoms with E-state index >= 15 is 0 Å². The lowest BCUT2D eigenvalue weighted by atomic mass is 10.2. The highest BCUT2D eigenvalue weighted by Gasteiger charge is 2.25. The number of hydrogen-bond donors (Lipinski definition) is 2. The van der Waals surface area contributed by atoms with Crippen LogP contribution in [0, 0.1) is 6.92 Å². The highest BCUT2D eigenvalue weighted by atomic mass is 35.5. The summed E-state index contributed by atoms with van der Waals surface area (Å²) in [5.41, 5.74) is 0.939. The number of aryl methyl sites for hydroxylation is 1. The molecule has 0 spiro atoms. The largest absolute Gasteiger partial charge is 0.313 e. The highest BCUT2D eigenvalue weighted by molar-refractivity contribution is 7.89. The number of benzene rings is 1. The monoisotopic (exact) mass is 260 g/mol. The van der Waals surface area contributed by atoms with E-state index in [1.54, 1.807) is 12.1 Å². The van der Waals surface area contributed by atoms with Crippen molar-refractivity contribution in [2.45, 2.75) is 17.9 Å². The van der Waals surface area contributed by atoms with Crippen molar-refractivity contribution >= 4 is 21.6 Å². The molecule has 6 heteroatoms. The van der Waals surface area contributed by atoms with Gasteiger partial charge in [-0.25, -0.2) is 13.1 Å². The Labute approximate surface area is 100 Å². The lowest BCUT2D eigenvalue weighted by molar-refractivity contribution is 0.410. The van der Waals surface area contributed by atoms with Crippen molar-refractivity contribution in [1.82, 2.24) is 10.0 Å². The molecule has 1 saturated heterocycles. The third-order valence-electron chi connectivity index (χ3n) is 2.48. The summed E-state index contributed by atoms with van der Waals surface area (Å²) < 4.78 is 26.5. The molecule has 1 aromatic rings. The van der Waals surface area contributed by atoms with Crippen LogP contribution in [0.5, 0.6) is 0 Å². The van der Waals surface area contributed by atoms with Gasteiger partial charge in [0.1, 0.15) is 4.90 Å². The van der Waals surface area contributed by atoms with E-state index in [0.717, 1.165) is 5.56 Å². The number of halogens is 1. The molecule has 1 heterocycles. The van der Waals surface area contributed by atoms with Crippen molar-refractivity contribution in [3.05, 3.63) is 28.8 Å². The Morgan fingerprint density at radius 3 is 2.62 bits per heavy atom. The Morgan fingerprint density at radius 2 is 2.12 bits per heavy atom. The maximum atomic E-state index is 11.9. The van der Waals surface area contributed by atoms with Crippen LogP contribution < -0.4 is 10.0 Å². The minimum Gasteiger partial charge on any atom is -0.313 e. The van der Waals surface area contributed by atoms with Crippen molar-refractivity contribution in [2.24, 2.45) is 0 Å². The fourth-order valence-electron chi connectivity index (χ4n) is 1.48. The molecule has 1 aliphatic heterocycles. The molecule has 0 atom stereocenters. The summed E-state index contributed by atoms with van der Waals surface area (Å²) in [6.07, 6.45) is 0. The average Bonchev–Trinajstić information content (AvgIpc) is 2.11. The zero-order valence-electron chi connectivity index (χ0n) is 8.83. The molecular weight excluding hydrogens is 248 g/mol. The van der Waals surface area contributed by atoms with Crippen LogP contribution in [-0.4, -0.2) is 27.5 Å². The molecule has 0 saturated carbocycles. The van der Waals surface area contributed by atoms with Crippen molar-refractivity contribution in [3.8, 4) is 0 Å². The second-order valence-electron chi connectivity index (χ2n) is 3.91. The molecule has 0 aromatic heterocycles. The summed E-state index contributed by atoms with van der Waals surface area (Å²) in [6, 6.07) is 4.89. The maximum Gasteiger partial charge on any atom is 0.242 e. The molecule has 0 bridgehead atoms. The van der Waals surface area contributed by atoms with E-state index in [9.17, 15) is 8.42 Å². The van der Waals surface area contributed by atoms with Gasteiger partial charge in [0.15, 0.2) is 0 Å². The van der Waals surface area contributed by atoms with E-state index in [1.165, 1.54) is 6.07 Å². The molecule has 1 aromatic carbocycles. The zero-order chi connectivity index (χ0) is 11.8. The molecule has 4 nitrogen and oxygen atoms in total. The standard InChI is InChI=1S/C10H13ClN2O2S/c1-7-2-3-10(9(11)4-7)16(14,15)13-8-5-12-6-8/h2-4,8,12-13H,5-6H2,1H3. The summed E-state index contributed by atoms with van der Waals surface area (Å²) >= 11 is 5.92. The third kappa shape index (κ3) is 2.38. The predicted octanol–water partition coefficient (Wildman–Crippen LogP) is 0.899. The fraction of sp³-hybridized carbons (Fsp3) is 0.400. The first-order chi connectivity index (χ1) is 7.49. The van der Waals surface area contributed by atoms with Gasteiger partial charge in [0.25, 0.3) is 0 Å². The normalized spacial score (nSPS) is 17.1. The van der Waals surface area contributed by atoms with E-state index < -0.39 is 10.0 Å². The lowest BCUT2D eigenvalue weighted by Crippen LogP contribution is -2.56. The Balaban J connectivity index is 2.27. The van der Waals surface area contributed by atoms with Gasteiger partial charge >= 0.3 is 0 Å². The van der Waals surface area contributed by atoms with Crippen LogP contribution >= 0.6 is 11.6 Å². The van der Waals surface area contributed by atoms with E-state index in [2.05, 4.69) is 10.0 Å². The summed E-state index contributed by atoms with van der Waals surface area (Å²) in [5.74, 6) is 0. The van der Waals surface area contributed by atoms with Crippen molar-refractivity contribution in [2.75, 3.05) is 13.1 Å². The van der Waals surface area contributed by atoms with E-state index in [1.807, 2.05) is 6.92 Å². The van der Waals surface area contributed by atoms with Gasteiger partial charge < -0.3 is 5.32 Å². The van der Waals surface area contributed by atoms with E-state index in [0.29, 0.717) is 13.1 Å². The van der Waals surface area contributed by atoms with Crippen molar-refractivity contribution in [3.63, 3.8) is 0 Å². The van der Waals surface area contributed by atoms with Gasteiger partial charge in [0, 0.05) is 19.1 Å². The summed E-state index contributed by atoms with van der Waals surface area (Å²) in [4.78, 5) is 0.145. The lowest BCUT2D eigenvalue weighted by Gasteiger charge is -2.27. The van der Waals surface area contributed by atoms with Crippen LogP contribution in [0.3, 0.4) is 0 Å². The van der Waals surface area contributed by atoms with Crippen LogP contribution in [-0.2, 0) is 10.0 Å². The first-order valence-electron chi connectivity index (χ1n) is 4.98. The first-order valence-corrected chi connectivity index (χ1v) is 6.84. The SMILES string of the molecule is Cc1ccc(S(=O)(=O)NC2CNC2)c(Cl)c1. The summed E-state index contributed by atoms with van der Waals surface area (Å²) in [5, 5.41) is 3.26. The van der Waals surface area contributed by atoms with Crippen molar-refractivity contribution in [1.29, 1.82) is 0 Å². The zero-order valence-corrected chi connectivity index (χ0v) is 10.4. The van der Waals surface area contributed by atoms with Crippen LogP contribution in [0.15, 0.2) is 23.1 Å². The second-order valence-corrected chi connectivity index (χ2v) is 6.00. The summed E-state index contributed by atoms with van der Waals surface area (Å²) in [6.45, 7) is 3.21. The van der Waals surface area contributed by atoms with Gasteiger partial charge in [-0.2, -0.15) is 0 Å². The van der Waals surface area contributed by atoms with Crippen LogP contribution in [0.1, 0.15) is 5.56 Å². The number of rotatable bonds is 3. The smallest absolute Gasteiger partial charge is 0.242 e. The molecule has 88 valence electrons. The molecule has 2 N–H and O–H groups in total. The molecule has 0 unspecified atom stereocenters. The Kier molecular flexibility index (Phi) is 3.21. The number of sulfonamides is 1. The quantitative estimate of drug-likeness (QED) is 0.849. The molecule has 0 amide bonds. The van der Waals surface area contributed by atoms with Crippen LogP contribution in [0.25, 0.3) is 0 Å². The van der Waals surface area contributed by atoms with Crippen LogP contribution in [0.4, 0.5) is 0 Å². The van der Waals surface area contributed by atoms with Gasteiger partial charge in [-0.05, 0) is 24.6 Å². The molecule has 2 rings (SSSR count). The molecule has 0 radical (unpaired) electrons. The second kappa shape index (κ2) is 4.33. The van der Waals surface area contributed by atoms with Crippen molar-refractivity contribution < 1.29 is 8.42 Å². The fourth-order valence-corrected chi connectivity index (χ4v) is 3.31. The number of hydrogen-bond acceptors (Lipinski definition) is 3. The third-order valence-corrected chi connectivity index (χ3v) is 4.48. The minimum atomic E-state index is -3.49. The molecule has 1 fully saturated rings. The Bertz CT molecular complexity index is 498. The predicted molar refractivity (Wildman–Crippen MR) is 63.2 cm³/mol. The van der Waals surface area contributed by atoms with Crippen LogP contribution in [0.2, 0.25) is 5.02 Å². The minimum absolute atomic E-state index is 0.0256. The van der Waals surface area contributed by atoms with Gasteiger partial charge in [-0.15, -0.1) is 0 Å². The Hall–Kier alpha value is -0.620. The number of nitrogens with one attached hydrogen (secondary N) is 2. The molecule has 0 aliphatic carbocycles. The topological polar surface area (TPSA) is 58.2 Å². The molecular formula is C10H13ClN2O2S. The van der Waals surface area contributed by atoms with E-state index in [4.69, 9.17) is 11.6 Å². The first kappa shape index (κ1) is 11.9. The Morgan fingerprint density at radius 1 is 1.44 bits per heavy atom. The molecule has 1 aliphatic rings. The maximum absolute atomic E-state index is 11.9. The summed E-state index contributed by atoms with van der Waals surface area (Å²) in [7, 11) is -3.49. The van der Waals surface area contributed by atoms with Gasteiger partial charge in [0.05, 0.1) is 5.02 Å². The highest BCUT2D eigenvalue weighted by Crippen LogP contribution is 2.22. The van der Waals surface area contributed by atoms with Gasteiger partial charge in [-0.1, -0.05) is 17.7 Å². The van der Waals surface area contributed by atoms with E-state index in [-0.39, 0.29) is 16.0 Å². The van der Waals surface area contributed by atoms with Gasteiger partial charge in [-0.3, -0.25) is 0 Å². The average molecular weight is 261 g/mol. The van der Waals surface area contributed by atoms with Gasteiger partial charge in [0.2, 0.25) is 10.0 Å². The molecule has 16 heavy (non-hydrogen) atoms.